The van der Waals surface area contributed by atoms with Crippen molar-refractivity contribution in [2.75, 3.05) is 6.54 Å². The van der Waals surface area contributed by atoms with Crippen molar-refractivity contribution in [2.24, 2.45) is 5.92 Å². The molecule has 0 amide bonds. The van der Waals surface area contributed by atoms with E-state index in [0.717, 1.165) is 24.2 Å². The van der Waals surface area contributed by atoms with Crippen LogP contribution in [0.5, 0.6) is 0 Å². The molecule has 1 aromatic heterocycles. The predicted octanol–water partition coefficient (Wildman–Crippen LogP) is 1.21. The van der Waals surface area contributed by atoms with Gasteiger partial charge in [0.2, 0.25) is 0 Å². The zero-order chi connectivity index (χ0) is 12.5. The molecule has 0 radical (unpaired) electrons. The lowest BCUT2D eigenvalue weighted by atomic mass is 10.1. The van der Waals surface area contributed by atoms with Crippen molar-refractivity contribution in [3.8, 4) is 0 Å². The molecule has 1 heterocycles. The van der Waals surface area contributed by atoms with E-state index in [1.165, 1.54) is 12.8 Å². The molecule has 0 atom stereocenters. The quantitative estimate of drug-likeness (QED) is 0.867. The number of thiazole rings is 1. The standard InChI is InChI=1S/C10H16N2O3S2/c1-7-9(16-10(13)12-7)17(14,15)11-6-8-4-2-3-5-8/h8,11H,2-6H2,1H3,(H,12,13). The second-order valence-electron chi connectivity index (χ2n) is 4.43. The summed E-state index contributed by atoms with van der Waals surface area (Å²) in [6, 6.07) is 0. The second-order valence-corrected chi connectivity index (χ2v) is 7.37. The number of aromatic amines is 1. The molecule has 0 unspecified atom stereocenters. The number of sulfonamides is 1. The van der Waals surface area contributed by atoms with Crippen molar-refractivity contribution < 1.29 is 8.42 Å². The summed E-state index contributed by atoms with van der Waals surface area (Å²) < 4.78 is 26.6. The highest BCUT2D eigenvalue weighted by atomic mass is 32.2. The van der Waals surface area contributed by atoms with Gasteiger partial charge < -0.3 is 4.98 Å². The molecule has 0 saturated heterocycles. The highest BCUT2D eigenvalue weighted by Crippen LogP contribution is 2.24. The van der Waals surface area contributed by atoms with Crippen LogP contribution in [0, 0.1) is 12.8 Å². The first-order valence-corrected chi connectivity index (χ1v) is 7.98. The van der Waals surface area contributed by atoms with E-state index < -0.39 is 10.0 Å². The number of hydrogen-bond donors (Lipinski definition) is 2. The van der Waals surface area contributed by atoms with Gasteiger partial charge in [-0.25, -0.2) is 13.1 Å². The second kappa shape index (κ2) is 4.91. The zero-order valence-electron chi connectivity index (χ0n) is 9.65. The maximum Gasteiger partial charge on any atom is 0.305 e. The number of H-pyrrole nitrogens is 1. The molecule has 7 heteroatoms. The third-order valence-electron chi connectivity index (χ3n) is 3.06. The minimum atomic E-state index is -3.52. The lowest BCUT2D eigenvalue weighted by molar-refractivity contribution is 0.520. The van der Waals surface area contributed by atoms with Crippen molar-refractivity contribution >= 4 is 21.4 Å². The average Bonchev–Trinajstić information content (AvgIpc) is 2.85. The van der Waals surface area contributed by atoms with Crippen LogP contribution in [0.25, 0.3) is 0 Å². The van der Waals surface area contributed by atoms with Crippen molar-refractivity contribution in [1.82, 2.24) is 9.71 Å². The molecule has 0 bridgehead atoms. The van der Waals surface area contributed by atoms with Crippen LogP contribution < -0.4 is 9.60 Å². The molecular weight excluding hydrogens is 260 g/mol. The van der Waals surface area contributed by atoms with Gasteiger partial charge in [0.05, 0.1) is 0 Å². The van der Waals surface area contributed by atoms with Gasteiger partial charge in [-0.15, -0.1) is 0 Å². The number of hydrogen-bond acceptors (Lipinski definition) is 4. The van der Waals surface area contributed by atoms with E-state index in [2.05, 4.69) is 9.71 Å². The Hall–Kier alpha value is -0.660. The summed E-state index contributed by atoms with van der Waals surface area (Å²) in [6.07, 6.45) is 4.54. The minimum Gasteiger partial charge on any atom is -0.315 e. The van der Waals surface area contributed by atoms with E-state index in [9.17, 15) is 13.2 Å². The lowest BCUT2D eigenvalue weighted by Crippen LogP contribution is -2.28. The predicted molar refractivity (Wildman–Crippen MR) is 66.8 cm³/mol. The minimum absolute atomic E-state index is 0.112. The third-order valence-corrected chi connectivity index (χ3v) is 6.09. The molecule has 1 saturated carbocycles. The SMILES string of the molecule is Cc1[nH]c(=O)sc1S(=O)(=O)NCC1CCCC1. The molecule has 1 aromatic rings. The van der Waals surface area contributed by atoms with Gasteiger partial charge in [-0.2, -0.15) is 0 Å². The molecule has 96 valence electrons. The first-order chi connectivity index (χ1) is 7.99. The van der Waals surface area contributed by atoms with Gasteiger partial charge in [0.25, 0.3) is 10.0 Å². The van der Waals surface area contributed by atoms with Crippen LogP contribution in [0.3, 0.4) is 0 Å². The molecule has 1 aliphatic carbocycles. The van der Waals surface area contributed by atoms with Crippen molar-refractivity contribution in [2.45, 2.75) is 36.8 Å². The summed E-state index contributed by atoms with van der Waals surface area (Å²) in [5.74, 6) is 0.445. The van der Waals surface area contributed by atoms with Crippen LogP contribution in [0.4, 0.5) is 0 Å². The Balaban J connectivity index is 2.08. The van der Waals surface area contributed by atoms with E-state index in [-0.39, 0.29) is 9.08 Å². The van der Waals surface area contributed by atoms with Crippen LogP contribution in [-0.2, 0) is 10.0 Å². The summed E-state index contributed by atoms with van der Waals surface area (Å²) in [7, 11) is -3.52. The Morgan fingerprint density at radius 2 is 2.06 bits per heavy atom. The van der Waals surface area contributed by atoms with Crippen LogP contribution in [0.1, 0.15) is 31.4 Å². The smallest absolute Gasteiger partial charge is 0.305 e. The van der Waals surface area contributed by atoms with E-state index in [1.54, 1.807) is 6.92 Å². The third kappa shape index (κ3) is 2.97. The van der Waals surface area contributed by atoms with Crippen LogP contribution in [-0.4, -0.2) is 19.9 Å². The Morgan fingerprint density at radius 1 is 1.41 bits per heavy atom. The molecule has 2 N–H and O–H groups in total. The molecule has 0 spiro atoms. The summed E-state index contributed by atoms with van der Waals surface area (Å²) in [5.41, 5.74) is 0.416. The average molecular weight is 276 g/mol. The number of aromatic nitrogens is 1. The van der Waals surface area contributed by atoms with Gasteiger partial charge >= 0.3 is 4.87 Å². The molecule has 17 heavy (non-hydrogen) atoms. The van der Waals surface area contributed by atoms with Crippen molar-refractivity contribution in [3.05, 3.63) is 15.4 Å². The van der Waals surface area contributed by atoms with Crippen molar-refractivity contribution in [1.29, 1.82) is 0 Å². The number of nitrogens with one attached hydrogen (secondary N) is 2. The largest absolute Gasteiger partial charge is 0.315 e. The summed E-state index contributed by atoms with van der Waals surface area (Å²) in [4.78, 5) is 13.2. The monoisotopic (exact) mass is 276 g/mol. The fourth-order valence-corrected chi connectivity index (χ4v) is 4.61. The lowest BCUT2D eigenvalue weighted by Gasteiger charge is -2.10. The summed E-state index contributed by atoms with van der Waals surface area (Å²) in [6.45, 7) is 2.08. The number of rotatable bonds is 4. The van der Waals surface area contributed by atoms with Gasteiger partial charge in [0.1, 0.15) is 0 Å². The van der Waals surface area contributed by atoms with Gasteiger partial charge in [-0.3, -0.25) is 4.79 Å². The van der Waals surface area contributed by atoms with Crippen LogP contribution >= 0.6 is 11.3 Å². The Kier molecular flexibility index (Phi) is 3.70. The fourth-order valence-electron chi connectivity index (χ4n) is 2.15. The highest BCUT2D eigenvalue weighted by Gasteiger charge is 2.23. The zero-order valence-corrected chi connectivity index (χ0v) is 11.3. The summed E-state index contributed by atoms with van der Waals surface area (Å²) in [5, 5.41) is 0. The maximum atomic E-state index is 12.0. The highest BCUT2D eigenvalue weighted by molar-refractivity contribution is 7.91. The molecule has 1 fully saturated rings. The fraction of sp³-hybridized carbons (Fsp3) is 0.700. The van der Waals surface area contributed by atoms with Gasteiger partial charge in [-0.05, 0) is 25.7 Å². The molecule has 0 aromatic carbocycles. The van der Waals surface area contributed by atoms with Gasteiger partial charge in [-0.1, -0.05) is 24.2 Å². The van der Waals surface area contributed by atoms with E-state index in [4.69, 9.17) is 0 Å². The summed E-state index contributed by atoms with van der Waals surface area (Å²) >= 11 is 0.742. The van der Waals surface area contributed by atoms with Gasteiger partial charge in [0, 0.05) is 12.2 Å². The Bertz CT molecular complexity index is 538. The Labute approximate surface area is 104 Å². The molecule has 2 rings (SSSR count). The molecule has 1 aliphatic rings. The normalized spacial score (nSPS) is 17.7. The maximum absolute atomic E-state index is 12.0. The van der Waals surface area contributed by atoms with E-state index >= 15 is 0 Å². The molecular formula is C10H16N2O3S2. The number of aryl methyl sites for hydroxylation is 1. The molecule has 5 nitrogen and oxygen atoms in total. The topological polar surface area (TPSA) is 79.0 Å². The Morgan fingerprint density at radius 3 is 2.59 bits per heavy atom. The van der Waals surface area contributed by atoms with Crippen LogP contribution in [0.2, 0.25) is 0 Å². The van der Waals surface area contributed by atoms with E-state index in [0.29, 0.717) is 18.2 Å². The first kappa shape index (κ1) is 12.8. The van der Waals surface area contributed by atoms with Gasteiger partial charge in [0.15, 0.2) is 4.21 Å². The van der Waals surface area contributed by atoms with Crippen LogP contribution in [0.15, 0.2) is 9.00 Å². The first-order valence-electron chi connectivity index (χ1n) is 5.68. The van der Waals surface area contributed by atoms with Crippen molar-refractivity contribution in [3.63, 3.8) is 0 Å². The van der Waals surface area contributed by atoms with E-state index in [1.807, 2.05) is 0 Å². The molecule has 0 aliphatic heterocycles.